The standard InChI is InChI=1S/C17H25N5.HI/c1-4-15-7-5-6-8-16(15)12-20-17(18-3)19-9-10-22-13-14(2)11-21-22;/h5-8,11,13H,4,9-10,12H2,1-3H3,(H2,18,19,20);1H. The lowest BCUT2D eigenvalue weighted by Gasteiger charge is -2.13. The van der Waals surface area contributed by atoms with E-state index < -0.39 is 0 Å². The zero-order valence-electron chi connectivity index (χ0n) is 14.0. The van der Waals surface area contributed by atoms with Crippen molar-refractivity contribution in [3.63, 3.8) is 0 Å². The SMILES string of the molecule is CCc1ccccc1CNC(=NC)NCCn1cc(C)cn1.I. The zero-order chi connectivity index (χ0) is 15.8. The third kappa shape index (κ3) is 6.21. The molecule has 0 aliphatic heterocycles. The minimum Gasteiger partial charge on any atom is -0.355 e. The zero-order valence-corrected chi connectivity index (χ0v) is 16.4. The predicted octanol–water partition coefficient (Wildman–Crippen LogP) is 2.74. The fraction of sp³-hybridized carbons (Fsp3) is 0.412. The van der Waals surface area contributed by atoms with Crippen molar-refractivity contribution in [3.8, 4) is 0 Å². The number of benzene rings is 1. The van der Waals surface area contributed by atoms with Crippen LogP contribution in [0, 0.1) is 6.92 Å². The van der Waals surface area contributed by atoms with Gasteiger partial charge in [-0.15, -0.1) is 24.0 Å². The molecule has 1 aromatic heterocycles. The van der Waals surface area contributed by atoms with Crippen LogP contribution in [-0.2, 0) is 19.5 Å². The fourth-order valence-corrected chi connectivity index (χ4v) is 2.35. The van der Waals surface area contributed by atoms with Gasteiger partial charge in [0.05, 0.1) is 12.7 Å². The number of aromatic nitrogens is 2. The summed E-state index contributed by atoms with van der Waals surface area (Å²) in [5.74, 6) is 0.815. The summed E-state index contributed by atoms with van der Waals surface area (Å²) in [5.41, 5.74) is 3.87. The Morgan fingerprint density at radius 2 is 1.96 bits per heavy atom. The summed E-state index contributed by atoms with van der Waals surface area (Å²) < 4.78 is 1.93. The third-order valence-corrected chi connectivity index (χ3v) is 3.56. The van der Waals surface area contributed by atoms with E-state index in [0.29, 0.717) is 0 Å². The van der Waals surface area contributed by atoms with E-state index in [2.05, 4.69) is 51.9 Å². The quantitative estimate of drug-likeness (QED) is 0.424. The van der Waals surface area contributed by atoms with Crippen molar-refractivity contribution >= 4 is 29.9 Å². The van der Waals surface area contributed by atoms with Crippen LogP contribution in [0.25, 0.3) is 0 Å². The van der Waals surface area contributed by atoms with Gasteiger partial charge in [-0.2, -0.15) is 5.10 Å². The maximum atomic E-state index is 4.27. The van der Waals surface area contributed by atoms with E-state index in [1.807, 2.05) is 24.0 Å². The van der Waals surface area contributed by atoms with Gasteiger partial charge in [-0.25, -0.2) is 0 Å². The van der Waals surface area contributed by atoms with Crippen molar-refractivity contribution in [3.05, 3.63) is 53.3 Å². The van der Waals surface area contributed by atoms with Crippen molar-refractivity contribution in [1.82, 2.24) is 20.4 Å². The van der Waals surface area contributed by atoms with Crippen LogP contribution < -0.4 is 10.6 Å². The molecule has 5 nitrogen and oxygen atoms in total. The molecule has 0 aliphatic rings. The molecule has 2 N–H and O–H groups in total. The first kappa shape index (κ1) is 19.5. The van der Waals surface area contributed by atoms with Crippen LogP contribution in [0.4, 0.5) is 0 Å². The van der Waals surface area contributed by atoms with Gasteiger partial charge in [0.15, 0.2) is 5.96 Å². The van der Waals surface area contributed by atoms with Gasteiger partial charge in [0.1, 0.15) is 0 Å². The molecule has 0 saturated carbocycles. The van der Waals surface area contributed by atoms with Gasteiger partial charge in [-0.3, -0.25) is 9.67 Å². The molecular formula is C17H26IN5. The van der Waals surface area contributed by atoms with Crippen LogP contribution in [0.15, 0.2) is 41.7 Å². The maximum absolute atomic E-state index is 4.27. The molecule has 0 aliphatic carbocycles. The first-order valence-electron chi connectivity index (χ1n) is 7.73. The first-order valence-corrected chi connectivity index (χ1v) is 7.73. The minimum atomic E-state index is 0. The Labute approximate surface area is 155 Å². The van der Waals surface area contributed by atoms with E-state index in [1.54, 1.807) is 7.05 Å². The van der Waals surface area contributed by atoms with Crippen LogP contribution in [0.2, 0.25) is 0 Å². The molecule has 6 heteroatoms. The van der Waals surface area contributed by atoms with Gasteiger partial charge in [0.2, 0.25) is 0 Å². The Morgan fingerprint density at radius 3 is 2.57 bits per heavy atom. The van der Waals surface area contributed by atoms with Crippen LogP contribution in [-0.4, -0.2) is 29.3 Å². The first-order chi connectivity index (χ1) is 10.7. The van der Waals surface area contributed by atoms with Crippen LogP contribution in [0.3, 0.4) is 0 Å². The molecule has 0 bridgehead atoms. The van der Waals surface area contributed by atoms with E-state index >= 15 is 0 Å². The second kappa shape index (κ2) is 10.3. The van der Waals surface area contributed by atoms with Gasteiger partial charge < -0.3 is 10.6 Å². The number of hydrogen-bond acceptors (Lipinski definition) is 2. The molecule has 126 valence electrons. The average Bonchev–Trinajstić information content (AvgIpc) is 2.96. The van der Waals surface area contributed by atoms with E-state index in [4.69, 9.17) is 0 Å². The monoisotopic (exact) mass is 427 g/mol. The van der Waals surface area contributed by atoms with Crippen molar-refractivity contribution in [2.75, 3.05) is 13.6 Å². The van der Waals surface area contributed by atoms with Gasteiger partial charge in [0.25, 0.3) is 0 Å². The number of halogens is 1. The van der Waals surface area contributed by atoms with Gasteiger partial charge in [-0.1, -0.05) is 31.2 Å². The van der Waals surface area contributed by atoms with Gasteiger partial charge in [0, 0.05) is 26.3 Å². The Hall–Kier alpha value is -1.57. The summed E-state index contributed by atoms with van der Waals surface area (Å²) in [6.07, 6.45) is 4.95. The molecule has 0 saturated heterocycles. The van der Waals surface area contributed by atoms with Crippen molar-refractivity contribution in [2.24, 2.45) is 4.99 Å². The third-order valence-electron chi connectivity index (χ3n) is 3.56. The highest BCUT2D eigenvalue weighted by molar-refractivity contribution is 14.0. The molecular weight excluding hydrogens is 401 g/mol. The number of nitrogens with one attached hydrogen (secondary N) is 2. The summed E-state index contributed by atoms with van der Waals surface area (Å²) in [5, 5.41) is 10.9. The fourth-order valence-electron chi connectivity index (χ4n) is 2.35. The minimum absolute atomic E-state index is 0. The molecule has 2 aromatic rings. The van der Waals surface area contributed by atoms with Gasteiger partial charge in [-0.05, 0) is 30.0 Å². The van der Waals surface area contributed by atoms with E-state index in [9.17, 15) is 0 Å². The lowest BCUT2D eigenvalue weighted by Crippen LogP contribution is -2.38. The van der Waals surface area contributed by atoms with Crippen molar-refractivity contribution in [1.29, 1.82) is 0 Å². The summed E-state index contributed by atoms with van der Waals surface area (Å²) in [7, 11) is 1.79. The highest BCUT2D eigenvalue weighted by Gasteiger charge is 2.02. The molecule has 0 fully saturated rings. The Morgan fingerprint density at radius 1 is 1.22 bits per heavy atom. The van der Waals surface area contributed by atoms with E-state index in [0.717, 1.165) is 32.0 Å². The lowest BCUT2D eigenvalue weighted by molar-refractivity contribution is 0.597. The summed E-state index contributed by atoms with van der Waals surface area (Å²) in [4.78, 5) is 4.26. The highest BCUT2D eigenvalue weighted by atomic mass is 127. The summed E-state index contributed by atoms with van der Waals surface area (Å²) >= 11 is 0. The number of guanidine groups is 1. The van der Waals surface area contributed by atoms with Crippen molar-refractivity contribution in [2.45, 2.75) is 33.4 Å². The molecule has 0 radical (unpaired) electrons. The number of hydrogen-bond donors (Lipinski definition) is 2. The Bertz CT molecular complexity index is 621. The number of rotatable bonds is 6. The second-order valence-electron chi connectivity index (χ2n) is 5.26. The van der Waals surface area contributed by atoms with E-state index in [1.165, 1.54) is 16.7 Å². The van der Waals surface area contributed by atoms with Crippen LogP contribution >= 0.6 is 24.0 Å². The molecule has 0 unspecified atom stereocenters. The summed E-state index contributed by atoms with van der Waals surface area (Å²) in [6.45, 7) is 6.61. The van der Waals surface area contributed by atoms with Gasteiger partial charge >= 0.3 is 0 Å². The molecule has 0 spiro atoms. The average molecular weight is 427 g/mol. The van der Waals surface area contributed by atoms with Crippen molar-refractivity contribution < 1.29 is 0 Å². The predicted molar refractivity (Wildman–Crippen MR) is 106 cm³/mol. The molecule has 2 rings (SSSR count). The van der Waals surface area contributed by atoms with Crippen LogP contribution in [0.5, 0.6) is 0 Å². The molecule has 1 heterocycles. The summed E-state index contributed by atoms with van der Waals surface area (Å²) in [6, 6.07) is 8.49. The number of aliphatic imine (C=N–C) groups is 1. The normalized spacial score (nSPS) is 11.0. The molecule has 0 amide bonds. The molecule has 1 aromatic carbocycles. The largest absolute Gasteiger partial charge is 0.355 e. The molecule has 23 heavy (non-hydrogen) atoms. The van der Waals surface area contributed by atoms with Crippen LogP contribution in [0.1, 0.15) is 23.6 Å². The number of nitrogens with zero attached hydrogens (tertiary/aromatic N) is 3. The van der Waals surface area contributed by atoms with E-state index in [-0.39, 0.29) is 24.0 Å². The topological polar surface area (TPSA) is 54.2 Å². The Balaban J connectivity index is 0.00000264. The lowest BCUT2D eigenvalue weighted by atomic mass is 10.1. The molecule has 0 atom stereocenters. The second-order valence-corrected chi connectivity index (χ2v) is 5.26. The maximum Gasteiger partial charge on any atom is 0.191 e. The highest BCUT2D eigenvalue weighted by Crippen LogP contribution is 2.08. The Kier molecular flexibility index (Phi) is 8.68. The number of aryl methyl sites for hydroxylation is 2. The smallest absolute Gasteiger partial charge is 0.191 e.